The number of methoxy groups -OCH3 is 3. The smallest absolute Gasteiger partial charge is 0.410 e. The average Bonchev–Trinajstić information content (AvgIpc) is 1.53. The van der Waals surface area contributed by atoms with E-state index in [1.54, 1.807) is 121 Å². The van der Waals surface area contributed by atoms with E-state index in [1.807, 2.05) is 125 Å². The number of rotatable bonds is 8. The van der Waals surface area contributed by atoms with Crippen molar-refractivity contribution in [3.05, 3.63) is 29.8 Å². The zero-order valence-corrected chi connectivity index (χ0v) is 93.1. The van der Waals surface area contributed by atoms with Gasteiger partial charge in [-0.15, -0.1) is 23.5 Å². The van der Waals surface area contributed by atoms with E-state index in [0.717, 1.165) is 106 Å². The molecule has 0 radical (unpaired) electrons. The number of benzene rings is 1. The summed E-state index contributed by atoms with van der Waals surface area (Å²) in [6.45, 7) is 44.3. The minimum absolute atomic E-state index is 0.0219. The lowest BCUT2D eigenvalue weighted by Crippen LogP contribution is -2.66. The highest BCUT2D eigenvalue weighted by molar-refractivity contribution is 8.02. The van der Waals surface area contributed by atoms with Crippen LogP contribution in [0.5, 0.6) is 0 Å². The second kappa shape index (κ2) is 44.7. The van der Waals surface area contributed by atoms with Gasteiger partial charge < -0.3 is 98.0 Å². The van der Waals surface area contributed by atoms with Gasteiger partial charge >= 0.3 is 66.4 Å². The Kier molecular flexibility index (Phi) is 37.0. The number of likely N-dealkylation sites (tertiary alicyclic amines) is 6. The summed E-state index contributed by atoms with van der Waals surface area (Å²) in [6, 6.07) is 8.96. The molecule has 8 atom stereocenters. The predicted molar refractivity (Wildman–Crippen MR) is 541 cm³/mol. The molecule has 16 aliphatic rings. The average molecular weight is 2170 g/mol. The van der Waals surface area contributed by atoms with Crippen LogP contribution in [0.3, 0.4) is 0 Å². The molecule has 39 nitrogen and oxygen atoms in total. The lowest BCUT2D eigenvalue weighted by Gasteiger charge is -2.47. The van der Waals surface area contributed by atoms with Crippen molar-refractivity contribution >= 4 is 167 Å². The van der Waals surface area contributed by atoms with Crippen LogP contribution >= 0.6 is 70.6 Å². The fraction of sp³-hybridized carbons (Fsp3) is 0.809. The molecule has 17 rings (SSSR count). The first-order valence-corrected chi connectivity index (χ1v) is 58.3. The van der Waals surface area contributed by atoms with Crippen LogP contribution in [0.25, 0.3) is 0 Å². The largest absolute Gasteiger partial charge is 0.481 e. The number of aliphatic hydroxyl groups is 1. The van der Waals surface area contributed by atoms with Gasteiger partial charge in [-0.25, -0.2) is 45.6 Å². The van der Waals surface area contributed by atoms with Crippen molar-refractivity contribution < 1.29 is 140 Å². The van der Waals surface area contributed by atoms with Gasteiger partial charge in [0.2, 0.25) is 0 Å². The molecule has 8 spiro atoms. The first-order valence-electron chi connectivity index (χ1n) is 47.6. The molecule has 16 aliphatic heterocycles. The van der Waals surface area contributed by atoms with E-state index in [0.29, 0.717) is 60.9 Å². The number of hydrogen-bond donors (Lipinski definition) is 5. The molecule has 5 N–H and O–H groups in total. The summed E-state index contributed by atoms with van der Waals surface area (Å²) in [7, 11) is -6.53. The lowest BCUT2D eigenvalue weighted by molar-refractivity contribution is -0.145. The Morgan fingerprint density at radius 3 is 0.958 bits per heavy atom. The van der Waals surface area contributed by atoms with E-state index in [9.17, 15) is 83.1 Å². The highest BCUT2D eigenvalue weighted by Gasteiger charge is 2.65. The van der Waals surface area contributed by atoms with Gasteiger partial charge in [-0.3, -0.25) is 28.2 Å². The number of carbonyl (C=O) groups excluding carboxylic acids is 9. The molecule has 16 saturated heterocycles. The van der Waals surface area contributed by atoms with E-state index in [-0.39, 0.29) is 147 Å². The number of amides is 6. The Hall–Kier alpha value is -6.53. The van der Waals surface area contributed by atoms with Crippen LogP contribution in [0, 0.1) is 53.8 Å². The number of nitrogens with zero attached hydrogens (tertiary/aromatic N) is 7. The zero-order valence-electron chi connectivity index (χ0n) is 85.7. The van der Waals surface area contributed by atoms with Crippen molar-refractivity contribution in [2.24, 2.45) is 35.5 Å². The first kappa shape index (κ1) is 117. The van der Waals surface area contributed by atoms with Crippen LogP contribution in [-0.2, 0) is 101 Å². The first-order chi connectivity index (χ1) is 65.3. The van der Waals surface area contributed by atoms with E-state index in [1.165, 1.54) is 31.1 Å². The Bertz CT molecular complexity index is 5140. The van der Waals surface area contributed by atoms with Gasteiger partial charge in [0.25, 0.3) is 10.1 Å². The van der Waals surface area contributed by atoms with Crippen molar-refractivity contribution in [3.8, 4) is 6.07 Å². The van der Waals surface area contributed by atoms with E-state index >= 15 is 0 Å². The number of aliphatic carboxylic acids is 2. The molecule has 16 heterocycles. The Labute approximate surface area is 861 Å². The fourth-order valence-electron chi connectivity index (χ4n) is 19.0. The normalized spacial score (nSPS) is 26.7. The second-order valence-electron chi connectivity index (χ2n) is 45.9. The van der Waals surface area contributed by atoms with Crippen molar-refractivity contribution in [1.29, 1.82) is 5.26 Å². The van der Waals surface area contributed by atoms with Gasteiger partial charge in [0.15, 0.2) is 19.7 Å². The van der Waals surface area contributed by atoms with Crippen LogP contribution in [0.4, 0.5) is 28.8 Å². The van der Waals surface area contributed by atoms with Crippen molar-refractivity contribution in [1.82, 2.24) is 40.0 Å². The molecule has 0 bridgehead atoms. The van der Waals surface area contributed by atoms with Gasteiger partial charge in [-0.05, 0) is 195 Å². The number of carboxylic acid groups (broad SMARTS) is 2. The molecule has 0 saturated carbocycles. The number of hydrogen-bond acceptors (Lipinski definition) is 37. The molecule has 8 unspecified atom stereocenters. The number of aliphatic hydroxyl groups excluding tert-OH is 1. The summed E-state index contributed by atoms with van der Waals surface area (Å²) >= 11 is 10.8. The van der Waals surface area contributed by atoms with Crippen LogP contribution in [-0.4, -0.2) is 392 Å². The Morgan fingerprint density at radius 1 is 0.380 bits per heavy atom. The highest BCUT2D eigenvalue weighted by Crippen LogP contribution is 2.53. The van der Waals surface area contributed by atoms with Crippen molar-refractivity contribution in [3.63, 3.8) is 0 Å². The Morgan fingerprint density at radius 2 is 0.662 bits per heavy atom. The van der Waals surface area contributed by atoms with E-state index < -0.39 is 115 Å². The third-order valence-electron chi connectivity index (χ3n) is 26.1. The minimum atomic E-state index is -3.77. The molecular weight excluding hydrogens is 2020 g/mol. The van der Waals surface area contributed by atoms with E-state index in [2.05, 4.69) is 21.4 Å². The minimum Gasteiger partial charge on any atom is -0.481 e. The number of carbonyl (C=O) groups is 11. The summed E-state index contributed by atoms with van der Waals surface area (Å²) in [5, 5.41) is 42.5. The molecule has 1 aromatic carbocycles. The number of aryl methyl sites for hydroxylation is 1. The summed E-state index contributed by atoms with van der Waals surface area (Å²) in [6.07, 6.45) is 2.56. The molecule has 6 amide bonds. The standard InChI is InChI=1S/C18H25NO5S2.C13H21NO6S.C13H21NO4S.C12H18N2O2S.C12H19NO6S.C11H19NO3S.C8H13NO2S.C7H11NO2S/c1-13-5-7-15(8-6-13)26(21,22)24-14-9-18(25-10-14)11-19(12-18)16(20)23-17(2,3)4;1-12(2,3)20-11(16)14-7-13(8-14)5-9(10(15)19-4)6-21(13,17)18;1-12(2,3)18-11(16)14-7-13(8-14)5-9(6-19-13)10(15)17-4;1-11(2,3)16-10(15)14-7-12(8-14)4-9(5-13)6-17-12;1-11(2,3)19-10(16)13-6-12(7-13)4-8(9(14)15)5-20(12,17)18;1-10(2,3)15-9(14)12-6-11(7-12)4-8(13)5-16-11;1-11-7(10)6-2-8(12-3-6)4-9-5-8;9-6(10)5-1-7(11-2-5)3-8-4-7/h5-8,14H,9-12H2,1-4H3;9H,5-8H2,1-4H3;9H,5-8H2,1-4H3;9H,4,6-8H2,1-3H3;8H,4-7H2,1-3H3,(H,14,15);8,13H,4-7H2,1-3H3;6,9H,2-5H2,1H3;5,8H,1-4H2,(H,9,10). The lowest BCUT2D eigenvalue weighted by atomic mass is 9.89. The molecule has 1 aromatic rings. The number of esters is 3. The molecular formula is C94H147N9O30S9. The summed E-state index contributed by atoms with van der Waals surface area (Å²) in [5.74, 6) is 0.531. The predicted octanol–water partition coefficient (Wildman–Crippen LogP) is 10.3. The number of carboxylic acids is 2. The van der Waals surface area contributed by atoms with Crippen LogP contribution in [0.1, 0.15) is 182 Å². The maximum atomic E-state index is 12.4. The third kappa shape index (κ3) is 30.6. The summed E-state index contributed by atoms with van der Waals surface area (Å²) < 4.78 is 124. The number of nitrogens with one attached hydrogen (secondary N) is 2. The monoisotopic (exact) mass is 2170 g/mol. The van der Waals surface area contributed by atoms with E-state index in [4.69, 9.17) is 57.6 Å². The number of sulfone groups is 2. The van der Waals surface area contributed by atoms with Gasteiger partial charge in [0, 0.05) is 149 Å². The van der Waals surface area contributed by atoms with Gasteiger partial charge in [0.1, 0.15) is 43.1 Å². The molecule has 142 heavy (non-hydrogen) atoms. The SMILES string of the molecule is CC(C)(C)OC(=O)N1CC2(CC(C#N)CS2)C1.CC(C)(C)OC(=O)N1CC2(CC(C(=O)O)CS2(=O)=O)C1.CC(C)(C)OC(=O)N1CC2(CC(O)CS2)C1.COC(=O)C1CC2(CN(C(=O)OC(C)(C)C)C2)S(=O)(=O)C1.COC(=O)C1CSC2(C1)CN(C(=O)OC(C)(C)C)C2.COC(=O)C1CSC2(CNC2)C1.Cc1ccc(S(=O)(=O)OC2CSC3(C2)CN(C(=O)OC(C)(C)C)C3)cc1.O=C(O)C1CSC2(CNC2)C1. The molecule has 48 heteroatoms. The highest BCUT2D eigenvalue weighted by atomic mass is 32.2. The summed E-state index contributed by atoms with van der Waals surface area (Å²) in [4.78, 5) is 137. The molecule has 0 aromatic heterocycles. The van der Waals surface area contributed by atoms with Crippen LogP contribution in [0.2, 0.25) is 0 Å². The maximum Gasteiger partial charge on any atom is 0.410 e. The van der Waals surface area contributed by atoms with Crippen molar-refractivity contribution in [2.75, 3.05) is 172 Å². The number of thioether (sulfide) groups is 6. The fourth-order valence-corrected chi connectivity index (χ4v) is 34.0. The summed E-state index contributed by atoms with van der Waals surface area (Å²) in [5.41, 5.74) is -2.11. The van der Waals surface area contributed by atoms with Crippen molar-refractivity contribution in [2.45, 2.75) is 272 Å². The van der Waals surface area contributed by atoms with Crippen LogP contribution < -0.4 is 10.6 Å². The molecule has 0 aliphatic carbocycles. The maximum absolute atomic E-state index is 12.4. The van der Waals surface area contributed by atoms with Gasteiger partial charge in [0.05, 0.1) is 111 Å². The van der Waals surface area contributed by atoms with Crippen LogP contribution in [0.15, 0.2) is 29.2 Å². The topological polar surface area (TPSA) is 510 Å². The number of ether oxygens (including phenoxy) is 9. The number of nitriles is 1. The molecule has 16 fully saturated rings. The van der Waals surface area contributed by atoms with Gasteiger partial charge in [-0.1, -0.05) is 17.7 Å². The third-order valence-corrected chi connectivity index (χ3v) is 42.3. The zero-order chi connectivity index (χ0) is 106. The quantitative estimate of drug-likeness (QED) is 0.0917. The molecule has 802 valence electrons. The second-order valence-corrected chi connectivity index (χ2v) is 61.3. The van der Waals surface area contributed by atoms with Gasteiger partial charge in [-0.2, -0.15) is 60.7 Å². The Balaban J connectivity index is 0.000000169.